The van der Waals surface area contributed by atoms with Crippen molar-refractivity contribution in [2.75, 3.05) is 13.1 Å². The van der Waals surface area contributed by atoms with E-state index in [9.17, 15) is 9.50 Å². The molecule has 1 N–H and O–H groups in total. The van der Waals surface area contributed by atoms with Crippen molar-refractivity contribution in [1.29, 1.82) is 0 Å². The molecule has 4 rings (SSSR count). The van der Waals surface area contributed by atoms with Gasteiger partial charge in [-0.05, 0) is 44.0 Å². The lowest BCUT2D eigenvalue weighted by atomic mass is 10.1. The molecule has 1 saturated heterocycles. The van der Waals surface area contributed by atoms with Gasteiger partial charge in [-0.2, -0.15) is 0 Å². The molecule has 0 spiro atoms. The van der Waals surface area contributed by atoms with Gasteiger partial charge in [-0.25, -0.2) is 14.1 Å². The van der Waals surface area contributed by atoms with Gasteiger partial charge in [-0.15, -0.1) is 16.4 Å². The Morgan fingerprint density at radius 1 is 1.26 bits per heavy atom. The van der Waals surface area contributed by atoms with E-state index in [-0.39, 0.29) is 5.82 Å². The van der Waals surface area contributed by atoms with Crippen LogP contribution >= 0.6 is 11.3 Å². The molecular weight excluding hydrogens is 365 g/mol. The first kappa shape index (κ1) is 18.2. The monoisotopic (exact) mass is 387 g/mol. The van der Waals surface area contributed by atoms with Crippen molar-refractivity contribution in [1.82, 2.24) is 24.9 Å². The van der Waals surface area contributed by atoms with Crippen molar-refractivity contribution in [3.8, 4) is 11.3 Å². The van der Waals surface area contributed by atoms with Crippen molar-refractivity contribution in [2.45, 2.75) is 38.5 Å². The summed E-state index contributed by atoms with van der Waals surface area (Å²) in [5.74, 6) is -0.231. The molecule has 0 aliphatic carbocycles. The first-order valence-electron chi connectivity index (χ1n) is 9.11. The van der Waals surface area contributed by atoms with Gasteiger partial charge in [0.2, 0.25) is 0 Å². The SMILES string of the molecule is C[C@H](O)c1cn(C2CCN(Cc3nc(-c4ccc(F)cc4)cs3)CC2)nn1. The zero-order chi connectivity index (χ0) is 18.8. The molecule has 1 fully saturated rings. The first-order valence-corrected chi connectivity index (χ1v) is 9.99. The minimum Gasteiger partial charge on any atom is -0.387 e. The molecule has 0 radical (unpaired) electrons. The number of halogens is 1. The minimum absolute atomic E-state index is 0.231. The fourth-order valence-electron chi connectivity index (χ4n) is 3.33. The molecule has 0 amide bonds. The maximum atomic E-state index is 13.1. The molecule has 6 nitrogen and oxygen atoms in total. The summed E-state index contributed by atoms with van der Waals surface area (Å²) in [7, 11) is 0. The smallest absolute Gasteiger partial charge is 0.123 e. The van der Waals surface area contributed by atoms with Gasteiger partial charge in [-0.3, -0.25) is 4.90 Å². The highest BCUT2D eigenvalue weighted by Crippen LogP contribution is 2.26. The predicted molar refractivity (Wildman–Crippen MR) is 102 cm³/mol. The molecule has 1 atom stereocenters. The van der Waals surface area contributed by atoms with E-state index in [0.29, 0.717) is 11.7 Å². The van der Waals surface area contributed by atoms with Crippen LogP contribution in [0.15, 0.2) is 35.8 Å². The fraction of sp³-hybridized carbons (Fsp3) is 0.421. The third-order valence-electron chi connectivity index (χ3n) is 4.94. The highest BCUT2D eigenvalue weighted by molar-refractivity contribution is 7.09. The van der Waals surface area contributed by atoms with E-state index in [0.717, 1.165) is 48.7 Å². The van der Waals surface area contributed by atoms with Crippen molar-refractivity contribution in [2.24, 2.45) is 0 Å². The molecule has 8 heteroatoms. The number of hydrogen-bond donors (Lipinski definition) is 1. The summed E-state index contributed by atoms with van der Waals surface area (Å²) in [6, 6.07) is 6.78. The van der Waals surface area contributed by atoms with Crippen LogP contribution in [0, 0.1) is 5.82 Å². The van der Waals surface area contributed by atoms with E-state index >= 15 is 0 Å². The van der Waals surface area contributed by atoms with Gasteiger partial charge in [0.1, 0.15) is 16.5 Å². The Morgan fingerprint density at radius 3 is 2.67 bits per heavy atom. The number of thiazole rings is 1. The average Bonchev–Trinajstić information content (AvgIpc) is 3.33. The maximum Gasteiger partial charge on any atom is 0.123 e. The van der Waals surface area contributed by atoms with E-state index < -0.39 is 6.10 Å². The van der Waals surface area contributed by atoms with E-state index in [1.165, 1.54) is 12.1 Å². The van der Waals surface area contributed by atoms with Crippen LogP contribution in [0.5, 0.6) is 0 Å². The molecule has 0 bridgehead atoms. The zero-order valence-corrected chi connectivity index (χ0v) is 15.9. The number of nitrogens with zero attached hydrogens (tertiary/aromatic N) is 5. The van der Waals surface area contributed by atoms with Crippen LogP contribution in [0.4, 0.5) is 4.39 Å². The first-order chi connectivity index (χ1) is 13.1. The number of hydrogen-bond acceptors (Lipinski definition) is 6. The lowest BCUT2D eigenvalue weighted by molar-refractivity contribution is 0.172. The average molecular weight is 387 g/mol. The second kappa shape index (κ2) is 7.84. The Balaban J connectivity index is 1.33. The highest BCUT2D eigenvalue weighted by atomic mass is 32.1. The number of aromatic nitrogens is 4. The van der Waals surface area contributed by atoms with E-state index in [4.69, 9.17) is 4.98 Å². The third kappa shape index (κ3) is 4.23. The second-order valence-corrected chi connectivity index (χ2v) is 7.88. The molecular formula is C19H22FN5OS. The summed E-state index contributed by atoms with van der Waals surface area (Å²) >= 11 is 1.64. The van der Waals surface area contributed by atoms with Crippen LogP contribution in [0.1, 0.15) is 42.6 Å². The minimum atomic E-state index is -0.584. The number of benzene rings is 1. The molecule has 2 aromatic heterocycles. The number of aliphatic hydroxyl groups excluding tert-OH is 1. The number of rotatable bonds is 5. The van der Waals surface area contributed by atoms with Crippen LogP contribution in [-0.2, 0) is 6.54 Å². The summed E-state index contributed by atoms with van der Waals surface area (Å²) in [5.41, 5.74) is 2.46. The number of piperidine rings is 1. The van der Waals surface area contributed by atoms with Crippen LogP contribution < -0.4 is 0 Å². The van der Waals surface area contributed by atoms with Gasteiger partial charge < -0.3 is 5.11 Å². The van der Waals surface area contributed by atoms with Crippen molar-refractivity contribution in [3.63, 3.8) is 0 Å². The van der Waals surface area contributed by atoms with Gasteiger partial charge in [0.05, 0.1) is 30.6 Å². The molecule has 0 saturated carbocycles. The third-order valence-corrected chi connectivity index (χ3v) is 5.77. The molecule has 3 heterocycles. The topological polar surface area (TPSA) is 67.1 Å². The Labute approximate surface area is 161 Å². The normalized spacial score (nSPS) is 17.3. The molecule has 1 aliphatic heterocycles. The second-order valence-electron chi connectivity index (χ2n) is 6.94. The lowest BCUT2D eigenvalue weighted by Gasteiger charge is -2.31. The van der Waals surface area contributed by atoms with Gasteiger partial charge in [-0.1, -0.05) is 5.21 Å². The maximum absolute atomic E-state index is 13.1. The summed E-state index contributed by atoms with van der Waals surface area (Å²) < 4.78 is 14.9. The quantitative estimate of drug-likeness (QED) is 0.726. The van der Waals surface area contributed by atoms with Crippen molar-refractivity contribution in [3.05, 3.63) is 52.4 Å². The highest BCUT2D eigenvalue weighted by Gasteiger charge is 2.23. The van der Waals surface area contributed by atoms with Crippen LogP contribution in [0.2, 0.25) is 0 Å². The molecule has 0 unspecified atom stereocenters. The van der Waals surface area contributed by atoms with Crippen LogP contribution in [-0.4, -0.2) is 43.1 Å². The van der Waals surface area contributed by atoms with E-state index in [1.54, 1.807) is 30.4 Å². The largest absolute Gasteiger partial charge is 0.387 e. The summed E-state index contributed by atoms with van der Waals surface area (Å²) in [6.45, 7) is 4.47. The summed E-state index contributed by atoms with van der Waals surface area (Å²) in [6.07, 6.45) is 3.26. The van der Waals surface area contributed by atoms with Crippen LogP contribution in [0.3, 0.4) is 0 Å². The summed E-state index contributed by atoms with van der Waals surface area (Å²) in [4.78, 5) is 7.10. The Kier molecular flexibility index (Phi) is 5.29. The molecule has 1 aromatic carbocycles. The van der Waals surface area contributed by atoms with Gasteiger partial charge in [0, 0.05) is 24.0 Å². The predicted octanol–water partition coefficient (Wildman–Crippen LogP) is 3.43. The van der Waals surface area contributed by atoms with Crippen molar-refractivity contribution >= 4 is 11.3 Å². The van der Waals surface area contributed by atoms with Gasteiger partial charge in [0.15, 0.2) is 0 Å². The molecule has 1 aliphatic rings. The molecule has 142 valence electrons. The zero-order valence-electron chi connectivity index (χ0n) is 15.1. The van der Waals surface area contributed by atoms with Gasteiger partial charge >= 0.3 is 0 Å². The van der Waals surface area contributed by atoms with Crippen molar-refractivity contribution < 1.29 is 9.50 Å². The number of aliphatic hydroxyl groups is 1. The Morgan fingerprint density at radius 2 is 2.00 bits per heavy atom. The lowest BCUT2D eigenvalue weighted by Crippen LogP contribution is -2.34. The van der Waals surface area contributed by atoms with Crippen LogP contribution in [0.25, 0.3) is 11.3 Å². The van der Waals surface area contributed by atoms with E-state index in [2.05, 4.69) is 15.2 Å². The van der Waals surface area contributed by atoms with Gasteiger partial charge in [0.25, 0.3) is 0 Å². The molecule has 27 heavy (non-hydrogen) atoms. The fourth-order valence-corrected chi connectivity index (χ4v) is 4.17. The molecule has 3 aromatic rings. The Bertz CT molecular complexity index is 884. The standard InChI is InChI=1S/C19H22FN5OS/c1-13(26)17-10-25(23-22-17)16-6-8-24(9-7-16)11-19-21-18(12-27-19)14-2-4-15(20)5-3-14/h2-5,10,12-13,16,26H,6-9,11H2,1H3/t13-/m0/s1. The number of likely N-dealkylation sites (tertiary alicyclic amines) is 1. The summed E-state index contributed by atoms with van der Waals surface area (Å²) in [5, 5.41) is 20.9. The van der Waals surface area contributed by atoms with E-state index in [1.807, 2.05) is 16.3 Å². The Hall–Kier alpha value is -2.16.